The summed E-state index contributed by atoms with van der Waals surface area (Å²) in [4.78, 5) is 25.3. The van der Waals surface area contributed by atoms with Crippen molar-refractivity contribution < 1.29 is 9.53 Å². The molecule has 1 aromatic heterocycles. The average molecular weight is 609 g/mol. The van der Waals surface area contributed by atoms with Crippen LogP contribution in [-0.2, 0) is 24.2 Å². The number of para-hydroxylation sites is 1. The fraction of sp³-hybridized carbons (Fsp3) is 0.538. The van der Waals surface area contributed by atoms with E-state index in [1.54, 1.807) is 0 Å². The first-order chi connectivity index (χ1) is 22.1. The van der Waals surface area contributed by atoms with Crippen LogP contribution in [0.3, 0.4) is 0 Å². The summed E-state index contributed by atoms with van der Waals surface area (Å²) in [6.07, 6.45) is 14.9. The predicted octanol–water partition coefficient (Wildman–Crippen LogP) is 6.64. The second-order valence-electron chi connectivity index (χ2n) is 13.8. The third kappa shape index (κ3) is 9.17. The lowest BCUT2D eigenvalue weighted by Crippen LogP contribution is -2.49. The number of fused-ring (bicyclic) bond motifs is 1. The van der Waals surface area contributed by atoms with Gasteiger partial charge in [-0.05, 0) is 105 Å². The number of hydrogen-bond acceptors (Lipinski definition) is 5. The van der Waals surface area contributed by atoms with E-state index in [1.165, 1.54) is 36.0 Å². The Morgan fingerprint density at radius 2 is 1.60 bits per heavy atom. The normalized spacial score (nSPS) is 20.5. The maximum absolute atomic E-state index is 13.5. The molecule has 2 fully saturated rings. The summed E-state index contributed by atoms with van der Waals surface area (Å²) in [5.41, 5.74) is 4.23. The van der Waals surface area contributed by atoms with Gasteiger partial charge in [0.05, 0.1) is 0 Å². The zero-order valence-corrected chi connectivity index (χ0v) is 27.1. The van der Waals surface area contributed by atoms with Crippen LogP contribution in [-0.4, -0.2) is 78.0 Å². The second kappa shape index (κ2) is 15.9. The predicted molar refractivity (Wildman–Crippen MR) is 181 cm³/mol. The summed E-state index contributed by atoms with van der Waals surface area (Å²) in [7, 11) is 0. The number of rotatable bonds is 7. The number of carbonyl (C=O) groups is 1. The molecular weight excluding hydrogens is 556 g/mol. The molecule has 6 heteroatoms. The fourth-order valence-corrected chi connectivity index (χ4v) is 7.83. The third-order valence-electron chi connectivity index (χ3n) is 10.6. The standard InChI is InChI=1S/C39H52N4O2/c44-38(29-34-16-23-41(24-17-34)22-15-33-9-2-1-3-10-33)43-25-19-39(20-26-43)18-7-6-13-36-12-4-5-14-37(36)45-28-27-42(32-39)31-35-11-8-21-40-30-35/h1-5,8-12,14,21,30,34H,6-7,13,15-20,22-29,31-32H2. The van der Waals surface area contributed by atoms with Gasteiger partial charge in [-0.3, -0.25) is 14.7 Å². The van der Waals surface area contributed by atoms with Crippen molar-refractivity contribution >= 4 is 5.91 Å². The molecule has 0 N–H and O–H groups in total. The molecule has 45 heavy (non-hydrogen) atoms. The number of ether oxygens (including phenoxy) is 1. The first kappa shape index (κ1) is 31.7. The molecule has 1 spiro atoms. The molecule has 3 aliphatic heterocycles. The summed E-state index contributed by atoms with van der Waals surface area (Å²) in [6, 6.07) is 23.6. The number of likely N-dealkylation sites (tertiary alicyclic amines) is 2. The third-order valence-corrected chi connectivity index (χ3v) is 10.6. The Morgan fingerprint density at radius 3 is 2.40 bits per heavy atom. The van der Waals surface area contributed by atoms with Crippen LogP contribution in [0.1, 0.15) is 68.1 Å². The molecule has 2 saturated heterocycles. The van der Waals surface area contributed by atoms with Crippen LogP contribution >= 0.6 is 0 Å². The highest BCUT2D eigenvalue weighted by Crippen LogP contribution is 2.39. The van der Waals surface area contributed by atoms with Crippen molar-refractivity contribution in [3.63, 3.8) is 0 Å². The summed E-state index contributed by atoms with van der Waals surface area (Å²) in [5, 5.41) is 0. The van der Waals surface area contributed by atoms with Gasteiger partial charge in [-0.15, -0.1) is 0 Å². The van der Waals surface area contributed by atoms with Gasteiger partial charge in [0.25, 0.3) is 0 Å². The van der Waals surface area contributed by atoms with Crippen molar-refractivity contribution in [1.82, 2.24) is 19.7 Å². The van der Waals surface area contributed by atoms with E-state index in [1.807, 2.05) is 18.5 Å². The van der Waals surface area contributed by atoms with Gasteiger partial charge in [-0.1, -0.05) is 61.0 Å². The molecule has 2 aromatic carbocycles. The van der Waals surface area contributed by atoms with Gasteiger partial charge in [-0.2, -0.15) is 0 Å². The SMILES string of the molecule is O=C(CC1CCN(CCc2ccccc2)CC1)N1CCC2(CCCCc3ccccc3OCCN(Cc3cccnc3)C2)CC1. The first-order valence-corrected chi connectivity index (χ1v) is 17.5. The molecule has 6 rings (SSSR count). The molecule has 4 heterocycles. The van der Waals surface area contributed by atoms with Crippen LogP contribution in [0.2, 0.25) is 0 Å². The average Bonchev–Trinajstić information content (AvgIpc) is 3.08. The highest BCUT2D eigenvalue weighted by Gasteiger charge is 2.37. The van der Waals surface area contributed by atoms with Gasteiger partial charge in [0, 0.05) is 58.1 Å². The van der Waals surface area contributed by atoms with E-state index >= 15 is 0 Å². The van der Waals surface area contributed by atoms with Crippen molar-refractivity contribution in [3.8, 4) is 5.75 Å². The van der Waals surface area contributed by atoms with Gasteiger partial charge < -0.3 is 14.5 Å². The molecular formula is C39H52N4O2. The molecule has 0 saturated carbocycles. The molecule has 0 radical (unpaired) electrons. The molecule has 3 aliphatic rings. The monoisotopic (exact) mass is 608 g/mol. The zero-order valence-electron chi connectivity index (χ0n) is 27.1. The largest absolute Gasteiger partial charge is 0.492 e. The quantitative estimate of drug-likeness (QED) is 0.301. The van der Waals surface area contributed by atoms with Crippen molar-refractivity contribution in [1.29, 1.82) is 0 Å². The van der Waals surface area contributed by atoms with Crippen molar-refractivity contribution in [3.05, 3.63) is 95.8 Å². The van der Waals surface area contributed by atoms with Gasteiger partial charge in [0.15, 0.2) is 0 Å². The lowest BCUT2D eigenvalue weighted by molar-refractivity contribution is -0.135. The first-order valence-electron chi connectivity index (χ1n) is 17.5. The van der Waals surface area contributed by atoms with E-state index < -0.39 is 0 Å². The number of nitrogens with zero attached hydrogens (tertiary/aromatic N) is 4. The molecule has 0 unspecified atom stereocenters. The molecule has 0 aliphatic carbocycles. The van der Waals surface area contributed by atoms with E-state index in [0.717, 1.165) is 103 Å². The van der Waals surface area contributed by atoms with E-state index in [2.05, 4.69) is 80.3 Å². The number of aromatic nitrogens is 1. The smallest absolute Gasteiger partial charge is 0.222 e. The van der Waals surface area contributed by atoms with E-state index in [0.29, 0.717) is 18.4 Å². The van der Waals surface area contributed by atoms with E-state index in [-0.39, 0.29) is 5.41 Å². The van der Waals surface area contributed by atoms with Crippen LogP contribution in [0.25, 0.3) is 0 Å². The number of benzene rings is 2. The zero-order chi connectivity index (χ0) is 30.7. The summed E-state index contributed by atoms with van der Waals surface area (Å²) in [6.45, 7) is 8.66. The fourth-order valence-electron chi connectivity index (χ4n) is 7.83. The van der Waals surface area contributed by atoms with Crippen LogP contribution in [0.4, 0.5) is 0 Å². The summed E-state index contributed by atoms with van der Waals surface area (Å²) in [5.74, 6) is 1.96. The topological polar surface area (TPSA) is 48.9 Å². The van der Waals surface area contributed by atoms with Crippen molar-refractivity contribution in [2.45, 2.75) is 70.8 Å². The molecule has 1 amide bonds. The number of hydrogen-bond donors (Lipinski definition) is 0. The molecule has 0 atom stereocenters. The van der Waals surface area contributed by atoms with E-state index in [9.17, 15) is 4.79 Å². The van der Waals surface area contributed by atoms with Crippen LogP contribution < -0.4 is 4.74 Å². The Hall–Kier alpha value is -3.22. The van der Waals surface area contributed by atoms with Crippen LogP contribution in [0.15, 0.2) is 79.1 Å². The van der Waals surface area contributed by atoms with Crippen molar-refractivity contribution in [2.75, 3.05) is 52.4 Å². The molecule has 240 valence electrons. The minimum absolute atomic E-state index is 0.238. The van der Waals surface area contributed by atoms with Gasteiger partial charge in [-0.25, -0.2) is 0 Å². The summed E-state index contributed by atoms with van der Waals surface area (Å²) < 4.78 is 6.35. The van der Waals surface area contributed by atoms with Crippen LogP contribution in [0.5, 0.6) is 5.75 Å². The Morgan fingerprint density at radius 1 is 0.822 bits per heavy atom. The van der Waals surface area contributed by atoms with Gasteiger partial charge in [0.2, 0.25) is 5.91 Å². The molecule has 6 nitrogen and oxygen atoms in total. The Labute approximate surface area is 270 Å². The number of piperidine rings is 2. The highest BCUT2D eigenvalue weighted by molar-refractivity contribution is 5.76. The van der Waals surface area contributed by atoms with Gasteiger partial charge in [0.1, 0.15) is 12.4 Å². The Kier molecular flexibility index (Phi) is 11.2. The minimum Gasteiger partial charge on any atom is -0.492 e. The van der Waals surface area contributed by atoms with E-state index in [4.69, 9.17) is 4.74 Å². The maximum Gasteiger partial charge on any atom is 0.222 e. The van der Waals surface area contributed by atoms with Crippen LogP contribution in [0, 0.1) is 11.3 Å². The lowest BCUT2D eigenvalue weighted by Gasteiger charge is -2.45. The number of pyridine rings is 1. The Bertz CT molecular complexity index is 1320. The van der Waals surface area contributed by atoms with Gasteiger partial charge >= 0.3 is 0 Å². The maximum atomic E-state index is 13.5. The molecule has 3 aromatic rings. The highest BCUT2D eigenvalue weighted by atomic mass is 16.5. The summed E-state index contributed by atoms with van der Waals surface area (Å²) >= 11 is 0. The van der Waals surface area contributed by atoms with Crippen molar-refractivity contribution in [2.24, 2.45) is 11.3 Å². The second-order valence-corrected chi connectivity index (χ2v) is 13.8. The number of aryl methyl sites for hydroxylation is 1. The minimum atomic E-state index is 0.238. The number of amides is 1. The Balaban J connectivity index is 1.03. The number of carbonyl (C=O) groups excluding carboxylic acids is 1. The molecule has 0 bridgehead atoms. The lowest BCUT2D eigenvalue weighted by atomic mass is 9.73.